The molecule has 0 saturated heterocycles. The van der Waals surface area contributed by atoms with Gasteiger partial charge in [-0.25, -0.2) is 4.98 Å². The van der Waals surface area contributed by atoms with Crippen molar-refractivity contribution in [2.75, 3.05) is 16.4 Å². The van der Waals surface area contributed by atoms with Crippen LogP contribution in [0.2, 0.25) is 0 Å². The molecule has 0 unspecified atom stereocenters. The predicted octanol–water partition coefficient (Wildman–Crippen LogP) is 5.60. The first-order valence-electron chi connectivity index (χ1n) is 9.88. The number of hydrogen-bond donors (Lipinski definition) is 3. The number of rotatable bonds is 6. The number of phenolic OH excluding ortho intramolecular Hbond substituents is 1. The normalized spacial score (nSPS) is 10.8. The number of thioether (sulfide) groups is 1. The fourth-order valence-electron chi connectivity index (χ4n) is 3.25. The van der Waals surface area contributed by atoms with Gasteiger partial charge in [0.25, 0.3) is 5.91 Å². The summed E-state index contributed by atoms with van der Waals surface area (Å²) in [6, 6.07) is 17.9. The second-order valence-corrected chi connectivity index (χ2v) is 9.45. The highest BCUT2D eigenvalue weighted by Gasteiger charge is 2.12. The summed E-state index contributed by atoms with van der Waals surface area (Å²) >= 11 is 2.70. The monoisotopic (exact) mass is 463 g/mol. The van der Waals surface area contributed by atoms with E-state index in [9.17, 15) is 14.7 Å². The van der Waals surface area contributed by atoms with Crippen LogP contribution in [0.4, 0.5) is 10.8 Å². The number of nitrogens with zero attached hydrogens (tertiary/aromatic N) is 1. The second-order valence-electron chi connectivity index (χ2n) is 7.37. The van der Waals surface area contributed by atoms with Crippen molar-refractivity contribution >= 4 is 55.9 Å². The average Bonchev–Trinajstić information content (AvgIpc) is 3.13. The number of hydrogen-bond acceptors (Lipinski definition) is 6. The van der Waals surface area contributed by atoms with E-state index in [0.717, 1.165) is 26.2 Å². The van der Waals surface area contributed by atoms with Gasteiger partial charge in [-0.2, -0.15) is 0 Å². The standard InChI is InChI=1S/C24H21N3O3S2/c1-14-8-15(2)10-16(9-14)23(30)27-24-26-20-7-6-17(11-21(20)32-24)25-22(29)13-31-19-5-3-4-18(28)12-19/h3-12,28H,13H2,1-2H3,(H,25,29)(H,26,27,30). The molecule has 0 aliphatic rings. The summed E-state index contributed by atoms with van der Waals surface area (Å²) in [5, 5.41) is 15.8. The van der Waals surface area contributed by atoms with Crippen molar-refractivity contribution in [2.24, 2.45) is 0 Å². The Morgan fingerprint density at radius 1 is 1.00 bits per heavy atom. The summed E-state index contributed by atoms with van der Waals surface area (Å²) in [5.74, 6) is 0.0480. The number of aryl methyl sites for hydroxylation is 2. The summed E-state index contributed by atoms with van der Waals surface area (Å²) in [6.45, 7) is 3.92. The number of amides is 2. The molecule has 3 N–H and O–H groups in total. The Bertz CT molecular complexity index is 1300. The lowest BCUT2D eigenvalue weighted by Gasteiger charge is -2.05. The van der Waals surface area contributed by atoms with Crippen LogP contribution in [0.25, 0.3) is 10.2 Å². The molecule has 0 aliphatic carbocycles. The van der Waals surface area contributed by atoms with Crippen LogP contribution in [0, 0.1) is 13.8 Å². The third kappa shape index (κ3) is 5.46. The summed E-state index contributed by atoms with van der Waals surface area (Å²) < 4.78 is 0.860. The Labute approximate surface area is 193 Å². The highest BCUT2D eigenvalue weighted by atomic mass is 32.2. The molecule has 0 radical (unpaired) electrons. The molecule has 0 atom stereocenters. The Balaban J connectivity index is 1.41. The fraction of sp³-hybridized carbons (Fsp3) is 0.125. The number of phenols is 1. The zero-order valence-corrected chi connectivity index (χ0v) is 19.1. The van der Waals surface area contributed by atoms with Crippen molar-refractivity contribution < 1.29 is 14.7 Å². The number of fused-ring (bicyclic) bond motifs is 1. The van der Waals surface area contributed by atoms with E-state index in [1.807, 2.05) is 50.2 Å². The van der Waals surface area contributed by atoms with Gasteiger partial charge in [0.05, 0.1) is 16.0 Å². The Morgan fingerprint density at radius 2 is 1.78 bits per heavy atom. The molecule has 2 amide bonds. The molecule has 4 rings (SSSR count). The third-order valence-electron chi connectivity index (χ3n) is 4.56. The summed E-state index contributed by atoms with van der Waals surface area (Å²) in [7, 11) is 0. The van der Waals surface area contributed by atoms with Crippen molar-refractivity contribution in [2.45, 2.75) is 18.7 Å². The van der Waals surface area contributed by atoms with Crippen LogP contribution < -0.4 is 10.6 Å². The summed E-state index contributed by atoms with van der Waals surface area (Å²) in [4.78, 5) is 30.2. The van der Waals surface area contributed by atoms with Gasteiger partial charge >= 0.3 is 0 Å². The molecule has 0 aliphatic heterocycles. The average molecular weight is 464 g/mol. The van der Waals surface area contributed by atoms with Gasteiger partial charge in [0, 0.05) is 16.1 Å². The van der Waals surface area contributed by atoms with E-state index in [2.05, 4.69) is 15.6 Å². The zero-order chi connectivity index (χ0) is 22.7. The minimum Gasteiger partial charge on any atom is -0.508 e. The van der Waals surface area contributed by atoms with Crippen molar-refractivity contribution in [3.05, 3.63) is 77.4 Å². The molecule has 162 valence electrons. The predicted molar refractivity (Wildman–Crippen MR) is 131 cm³/mol. The van der Waals surface area contributed by atoms with E-state index >= 15 is 0 Å². The molecule has 0 fully saturated rings. The first kappa shape index (κ1) is 21.9. The number of aromatic nitrogens is 1. The van der Waals surface area contributed by atoms with E-state index in [0.29, 0.717) is 16.4 Å². The zero-order valence-electron chi connectivity index (χ0n) is 17.5. The molecule has 8 heteroatoms. The molecule has 0 saturated carbocycles. The van der Waals surface area contributed by atoms with Gasteiger partial charge in [-0.3, -0.25) is 14.9 Å². The fourth-order valence-corrected chi connectivity index (χ4v) is 4.90. The number of carbonyl (C=O) groups is 2. The molecule has 1 aromatic heterocycles. The quantitative estimate of drug-likeness (QED) is 0.324. The largest absolute Gasteiger partial charge is 0.508 e. The molecule has 4 aromatic rings. The van der Waals surface area contributed by atoms with Gasteiger partial charge in [-0.05, 0) is 62.4 Å². The van der Waals surface area contributed by atoms with E-state index in [1.165, 1.54) is 23.1 Å². The van der Waals surface area contributed by atoms with Crippen LogP contribution in [0.15, 0.2) is 65.6 Å². The van der Waals surface area contributed by atoms with Crippen LogP contribution >= 0.6 is 23.1 Å². The minimum atomic E-state index is -0.201. The minimum absolute atomic E-state index is 0.148. The maximum atomic E-state index is 12.6. The lowest BCUT2D eigenvalue weighted by atomic mass is 10.1. The molecular weight excluding hydrogens is 442 g/mol. The van der Waals surface area contributed by atoms with E-state index in [4.69, 9.17) is 0 Å². The SMILES string of the molecule is Cc1cc(C)cc(C(=O)Nc2nc3ccc(NC(=O)CSc4cccc(O)c4)cc3s2)c1. The van der Waals surface area contributed by atoms with Gasteiger partial charge in [-0.15, -0.1) is 11.8 Å². The van der Waals surface area contributed by atoms with Gasteiger partial charge in [-0.1, -0.05) is 34.6 Å². The highest BCUT2D eigenvalue weighted by Crippen LogP contribution is 2.29. The highest BCUT2D eigenvalue weighted by molar-refractivity contribution is 8.00. The third-order valence-corrected chi connectivity index (χ3v) is 6.49. The van der Waals surface area contributed by atoms with Crippen LogP contribution in [0.1, 0.15) is 21.5 Å². The molecule has 0 spiro atoms. The number of thiazole rings is 1. The lowest BCUT2D eigenvalue weighted by molar-refractivity contribution is -0.113. The molecular formula is C24H21N3O3S2. The summed E-state index contributed by atoms with van der Waals surface area (Å²) in [6.07, 6.45) is 0. The molecule has 0 bridgehead atoms. The first-order chi connectivity index (χ1) is 15.4. The van der Waals surface area contributed by atoms with Crippen LogP contribution in [-0.2, 0) is 4.79 Å². The van der Waals surface area contributed by atoms with Crippen LogP contribution in [0.5, 0.6) is 5.75 Å². The second kappa shape index (κ2) is 9.42. The maximum Gasteiger partial charge on any atom is 0.257 e. The van der Waals surface area contributed by atoms with Crippen LogP contribution in [-0.4, -0.2) is 27.7 Å². The molecule has 1 heterocycles. The van der Waals surface area contributed by atoms with Crippen molar-refractivity contribution in [1.29, 1.82) is 0 Å². The molecule has 6 nitrogen and oxygen atoms in total. The Hall–Kier alpha value is -3.36. The maximum absolute atomic E-state index is 12.6. The number of benzene rings is 3. The Morgan fingerprint density at radius 3 is 2.53 bits per heavy atom. The van der Waals surface area contributed by atoms with Crippen molar-refractivity contribution in [3.8, 4) is 5.75 Å². The number of nitrogens with one attached hydrogen (secondary N) is 2. The van der Waals surface area contributed by atoms with E-state index in [-0.39, 0.29) is 23.3 Å². The van der Waals surface area contributed by atoms with Crippen molar-refractivity contribution in [1.82, 2.24) is 4.98 Å². The first-order valence-corrected chi connectivity index (χ1v) is 11.7. The van der Waals surface area contributed by atoms with Crippen molar-refractivity contribution in [3.63, 3.8) is 0 Å². The number of carbonyl (C=O) groups excluding carboxylic acids is 2. The number of anilines is 2. The topological polar surface area (TPSA) is 91.3 Å². The smallest absolute Gasteiger partial charge is 0.257 e. The Kier molecular flexibility index (Phi) is 6.43. The van der Waals surface area contributed by atoms with Crippen LogP contribution in [0.3, 0.4) is 0 Å². The lowest BCUT2D eigenvalue weighted by Crippen LogP contribution is -2.13. The van der Waals surface area contributed by atoms with E-state index < -0.39 is 0 Å². The molecule has 3 aromatic carbocycles. The number of aromatic hydroxyl groups is 1. The van der Waals surface area contributed by atoms with Gasteiger partial charge in [0.2, 0.25) is 5.91 Å². The van der Waals surface area contributed by atoms with Gasteiger partial charge < -0.3 is 10.4 Å². The molecule has 32 heavy (non-hydrogen) atoms. The summed E-state index contributed by atoms with van der Waals surface area (Å²) in [5.41, 5.74) is 4.07. The van der Waals surface area contributed by atoms with E-state index in [1.54, 1.807) is 24.3 Å². The van der Waals surface area contributed by atoms with Gasteiger partial charge in [0.1, 0.15) is 5.75 Å². The van der Waals surface area contributed by atoms with Gasteiger partial charge in [0.15, 0.2) is 5.13 Å².